The summed E-state index contributed by atoms with van der Waals surface area (Å²) in [6.07, 6.45) is 0. The van der Waals surface area contributed by atoms with Crippen molar-refractivity contribution < 1.29 is 9.53 Å². The van der Waals surface area contributed by atoms with Crippen LogP contribution in [0.3, 0.4) is 0 Å². The van der Waals surface area contributed by atoms with Crippen LogP contribution in [0.5, 0.6) is 0 Å². The summed E-state index contributed by atoms with van der Waals surface area (Å²) >= 11 is 0. The smallest absolute Gasteiger partial charge is 0.337 e. The second-order valence-corrected chi connectivity index (χ2v) is 6.74. The number of ether oxygens (including phenoxy) is 1. The SMILES string of the molecule is COC(=O)c1ccc(CNCc2ccc(C(C)(C)C)cc2)cc1. The maximum absolute atomic E-state index is 11.4. The Morgan fingerprint density at radius 3 is 1.83 bits per heavy atom. The lowest BCUT2D eigenvalue weighted by Gasteiger charge is -2.19. The first-order valence-corrected chi connectivity index (χ1v) is 7.87. The van der Waals surface area contributed by atoms with Crippen molar-refractivity contribution in [3.8, 4) is 0 Å². The summed E-state index contributed by atoms with van der Waals surface area (Å²) in [4.78, 5) is 11.4. The van der Waals surface area contributed by atoms with Crippen molar-refractivity contribution in [3.63, 3.8) is 0 Å². The molecule has 0 radical (unpaired) electrons. The molecule has 0 unspecified atom stereocenters. The molecule has 0 aliphatic carbocycles. The van der Waals surface area contributed by atoms with Gasteiger partial charge in [-0.05, 0) is 34.2 Å². The zero-order valence-corrected chi connectivity index (χ0v) is 14.3. The largest absolute Gasteiger partial charge is 0.465 e. The van der Waals surface area contributed by atoms with Crippen molar-refractivity contribution in [1.82, 2.24) is 5.32 Å². The maximum atomic E-state index is 11.4. The van der Waals surface area contributed by atoms with Crippen molar-refractivity contribution in [1.29, 1.82) is 0 Å². The van der Waals surface area contributed by atoms with Crippen LogP contribution < -0.4 is 5.32 Å². The third kappa shape index (κ3) is 4.93. The molecule has 0 aliphatic rings. The fraction of sp³-hybridized carbons (Fsp3) is 0.350. The lowest BCUT2D eigenvalue weighted by molar-refractivity contribution is 0.0600. The second-order valence-electron chi connectivity index (χ2n) is 6.74. The molecule has 0 fully saturated rings. The molecule has 122 valence electrons. The minimum atomic E-state index is -0.302. The molecule has 1 N–H and O–H groups in total. The van der Waals surface area contributed by atoms with Crippen molar-refractivity contribution >= 4 is 5.97 Å². The van der Waals surface area contributed by atoms with Gasteiger partial charge in [-0.25, -0.2) is 4.79 Å². The van der Waals surface area contributed by atoms with E-state index in [-0.39, 0.29) is 11.4 Å². The molecule has 0 heterocycles. The molecule has 0 spiro atoms. The molecule has 0 amide bonds. The van der Waals surface area contributed by atoms with Crippen LogP contribution in [0.1, 0.15) is 47.8 Å². The number of carbonyl (C=O) groups is 1. The third-order valence-electron chi connectivity index (χ3n) is 3.85. The molecule has 3 heteroatoms. The van der Waals surface area contributed by atoms with Gasteiger partial charge in [0.05, 0.1) is 12.7 Å². The van der Waals surface area contributed by atoms with Crippen LogP contribution in [0.25, 0.3) is 0 Å². The topological polar surface area (TPSA) is 38.3 Å². The highest BCUT2D eigenvalue weighted by Gasteiger charge is 2.12. The zero-order chi connectivity index (χ0) is 16.9. The molecule has 0 saturated heterocycles. The Morgan fingerprint density at radius 2 is 1.39 bits per heavy atom. The minimum Gasteiger partial charge on any atom is -0.465 e. The summed E-state index contributed by atoms with van der Waals surface area (Å²) in [5, 5.41) is 3.42. The van der Waals surface area contributed by atoms with Crippen LogP contribution in [-0.4, -0.2) is 13.1 Å². The molecule has 2 aromatic carbocycles. The molecule has 0 bridgehead atoms. The fourth-order valence-electron chi connectivity index (χ4n) is 2.35. The van der Waals surface area contributed by atoms with Gasteiger partial charge < -0.3 is 10.1 Å². The first-order chi connectivity index (χ1) is 10.9. The molecule has 0 aromatic heterocycles. The van der Waals surface area contributed by atoms with E-state index in [1.54, 1.807) is 12.1 Å². The van der Waals surface area contributed by atoms with Crippen LogP contribution in [0.15, 0.2) is 48.5 Å². The maximum Gasteiger partial charge on any atom is 0.337 e. The molecular formula is C20H25NO2. The Labute approximate surface area is 138 Å². The Bertz CT molecular complexity index is 637. The number of nitrogens with one attached hydrogen (secondary N) is 1. The van der Waals surface area contributed by atoms with Crippen molar-refractivity contribution in [3.05, 3.63) is 70.8 Å². The van der Waals surface area contributed by atoms with E-state index >= 15 is 0 Å². The van der Waals surface area contributed by atoms with Crippen LogP contribution in [-0.2, 0) is 23.2 Å². The predicted molar refractivity (Wildman–Crippen MR) is 93.5 cm³/mol. The Kier molecular flexibility index (Phi) is 5.56. The van der Waals surface area contributed by atoms with E-state index in [1.165, 1.54) is 18.2 Å². The summed E-state index contributed by atoms with van der Waals surface area (Å²) in [5.74, 6) is -0.302. The highest BCUT2D eigenvalue weighted by Crippen LogP contribution is 2.22. The van der Waals surface area contributed by atoms with E-state index in [1.807, 2.05) is 12.1 Å². The summed E-state index contributed by atoms with van der Waals surface area (Å²) in [7, 11) is 1.39. The predicted octanol–water partition coefficient (Wildman–Crippen LogP) is 4.06. The van der Waals surface area contributed by atoms with Gasteiger partial charge >= 0.3 is 5.97 Å². The first kappa shape index (κ1) is 17.2. The van der Waals surface area contributed by atoms with E-state index in [4.69, 9.17) is 4.74 Å². The van der Waals surface area contributed by atoms with E-state index in [2.05, 4.69) is 50.4 Å². The minimum absolute atomic E-state index is 0.188. The second kappa shape index (κ2) is 7.42. The molecule has 0 saturated carbocycles. The van der Waals surface area contributed by atoms with Gasteiger partial charge in [-0.2, -0.15) is 0 Å². The average molecular weight is 311 g/mol. The number of benzene rings is 2. The van der Waals surface area contributed by atoms with Crippen molar-refractivity contribution in [2.75, 3.05) is 7.11 Å². The van der Waals surface area contributed by atoms with E-state index in [0.29, 0.717) is 5.56 Å². The molecular weight excluding hydrogens is 286 g/mol. The summed E-state index contributed by atoms with van der Waals surface area (Å²) in [6.45, 7) is 8.25. The van der Waals surface area contributed by atoms with Gasteiger partial charge in [-0.3, -0.25) is 0 Å². The van der Waals surface area contributed by atoms with Gasteiger partial charge in [-0.1, -0.05) is 57.2 Å². The number of methoxy groups -OCH3 is 1. The molecule has 2 rings (SSSR count). The molecule has 3 nitrogen and oxygen atoms in total. The van der Waals surface area contributed by atoms with Gasteiger partial charge in [0.1, 0.15) is 0 Å². The average Bonchev–Trinajstić information content (AvgIpc) is 2.54. The zero-order valence-electron chi connectivity index (χ0n) is 14.3. The van der Waals surface area contributed by atoms with Crippen molar-refractivity contribution in [2.24, 2.45) is 0 Å². The monoisotopic (exact) mass is 311 g/mol. The van der Waals surface area contributed by atoms with Gasteiger partial charge in [0.15, 0.2) is 0 Å². The molecule has 2 aromatic rings. The number of carbonyl (C=O) groups excluding carboxylic acids is 1. The van der Waals surface area contributed by atoms with Gasteiger partial charge in [0, 0.05) is 13.1 Å². The quantitative estimate of drug-likeness (QED) is 0.846. The van der Waals surface area contributed by atoms with Crippen LogP contribution >= 0.6 is 0 Å². The Balaban J connectivity index is 1.86. The first-order valence-electron chi connectivity index (χ1n) is 7.87. The van der Waals surface area contributed by atoms with Crippen LogP contribution in [0, 0.1) is 0 Å². The number of esters is 1. The highest BCUT2D eigenvalue weighted by molar-refractivity contribution is 5.89. The summed E-state index contributed by atoms with van der Waals surface area (Å²) in [5.41, 5.74) is 4.52. The number of rotatable bonds is 5. The Morgan fingerprint density at radius 1 is 0.913 bits per heavy atom. The number of hydrogen-bond donors (Lipinski definition) is 1. The summed E-state index contributed by atoms with van der Waals surface area (Å²) < 4.78 is 4.69. The lowest BCUT2D eigenvalue weighted by atomic mass is 9.87. The lowest BCUT2D eigenvalue weighted by Crippen LogP contribution is -2.14. The molecule has 0 atom stereocenters. The molecule has 0 aliphatic heterocycles. The van der Waals surface area contributed by atoms with E-state index < -0.39 is 0 Å². The number of hydrogen-bond acceptors (Lipinski definition) is 3. The van der Waals surface area contributed by atoms with E-state index in [0.717, 1.165) is 18.7 Å². The normalized spacial score (nSPS) is 11.3. The van der Waals surface area contributed by atoms with Gasteiger partial charge in [0.25, 0.3) is 0 Å². The van der Waals surface area contributed by atoms with Gasteiger partial charge in [-0.15, -0.1) is 0 Å². The van der Waals surface area contributed by atoms with E-state index in [9.17, 15) is 4.79 Å². The summed E-state index contributed by atoms with van der Waals surface area (Å²) in [6, 6.07) is 16.2. The third-order valence-corrected chi connectivity index (χ3v) is 3.85. The fourth-order valence-corrected chi connectivity index (χ4v) is 2.35. The van der Waals surface area contributed by atoms with Crippen LogP contribution in [0.2, 0.25) is 0 Å². The van der Waals surface area contributed by atoms with Gasteiger partial charge in [0.2, 0.25) is 0 Å². The molecule has 23 heavy (non-hydrogen) atoms. The van der Waals surface area contributed by atoms with Crippen molar-refractivity contribution in [2.45, 2.75) is 39.3 Å². The Hall–Kier alpha value is -2.13. The van der Waals surface area contributed by atoms with Crippen LogP contribution in [0.4, 0.5) is 0 Å². The standard InChI is InChI=1S/C20H25NO2/c1-20(2,3)18-11-7-16(8-12-18)14-21-13-15-5-9-17(10-6-15)19(22)23-4/h5-12,21H,13-14H2,1-4H3. The highest BCUT2D eigenvalue weighted by atomic mass is 16.5.